The van der Waals surface area contributed by atoms with Crippen molar-refractivity contribution < 1.29 is 13.6 Å². The van der Waals surface area contributed by atoms with Gasteiger partial charge in [0.25, 0.3) is 5.91 Å². The van der Waals surface area contributed by atoms with Crippen LogP contribution in [0.2, 0.25) is 0 Å². The zero-order valence-corrected chi connectivity index (χ0v) is 17.2. The number of halogens is 2. The largest absolute Gasteiger partial charge is 0.444 e. The summed E-state index contributed by atoms with van der Waals surface area (Å²) in [5.41, 5.74) is 1.54. The molecule has 0 bridgehead atoms. The monoisotopic (exact) mass is 471 g/mol. The summed E-state index contributed by atoms with van der Waals surface area (Å²) in [6, 6.07) is 9.42. The van der Waals surface area contributed by atoms with E-state index in [1.54, 1.807) is 29.2 Å². The Morgan fingerprint density at radius 1 is 1.10 bits per heavy atom. The standard InChI is InChI=1S/C19H15BrFN7O2/c20-15-5-4-14(30-15)19(29)27-8-6-26(7-9-27)17-16-18(23-11-22-17)28(25-24-16)13-3-1-2-12(21)10-13/h1-5,10-11H,6-9H2. The van der Waals surface area contributed by atoms with Crippen molar-refractivity contribution in [2.24, 2.45) is 0 Å². The maximum atomic E-state index is 13.6. The molecule has 1 aliphatic rings. The van der Waals surface area contributed by atoms with Gasteiger partial charge in [-0.05, 0) is 46.3 Å². The number of piperazine rings is 1. The van der Waals surface area contributed by atoms with Gasteiger partial charge in [-0.25, -0.2) is 14.4 Å². The molecular weight excluding hydrogens is 457 g/mol. The average Bonchev–Trinajstić information content (AvgIpc) is 3.39. The van der Waals surface area contributed by atoms with Crippen LogP contribution < -0.4 is 4.90 Å². The molecule has 4 heterocycles. The smallest absolute Gasteiger partial charge is 0.289 e. The molecule has 1 aliphatic heterocycles. The molecular formula is C19H15BrFN7O2. The molecule has 9 nitrogen and oxygen atoms in total. The summed E-state index contributed by atoms with van der Waals surface area (Å²) in [6.45, 7) is 2.18. The van der Waals surface area contributed by atoms with Gasteiger partial charge in [-0.15, -0.1) is 5.10 Å². The fourth-order valence-corrected chi connectivity index (χ4v) is 3.76. The summed E-state index contributed by atoms with van der Waals surface area (Å²) in [7, 11) is 0. The van der Waals surface area contributed by atoms with Gasteiger partial charge < -0.3 is 14.2 Å². The molecule has 1 saturated heterocycles. The molecule has 1 aromatic carbocycles. The van der Waals surface area contributed by atoms with Crippen LogP contribution >= 0.6 is 15.9 Å². The number of hydrogen-bond donors (Lipinski definition) is 0. The van der Waals surface area contributed by atoms with E-state index in [1.165, 1.54) is 23.1 Å². The van der Waals surface area contributed by atoms with Crippen LogP contribution in [0, 0.1) is 5.82 Å². The SMILES string of the molecule is O=C(c1ccc(Br)o1)N1CCN(c2ncnc3c2nnn3-c2cccc(F)c2)CC1. The van der Waals surface area contributed by atoms with Crippen LogP contribution in [0.5, 0.6) is 0 Å². The molecule has 0 atom stereocenters. The van der Waals surface area contributed by atoms with E-state index in [-0.39, 0.29) is 11.7 Å². The summed E-state index contributed by atoms with van der Waals surface area (Å²) in [5.74, 6) is 0.424. The summed E-state index contributed by atoms with van der Waals surface area (Å²) < 4.78 is 21.0. The number of hydrogen-bond acceptors (Lipinski definition) is 7. The molecule has 4 aromatic rings. The number of carbonyl (C=O) groups excluding carboxylic acids is 1. The average molecular weight is 472 g/mol. The Morgan fingerprint density at radius 2 is 1.93 bits per heavy atom. The lowest BCUT2D eigenvalue weighted by atomic mass is 10.2. The Labute approximate surface area is 178 Å². The maximum Gasteiger partial charge on any atom is 0.289 e. The Kier molecular flexibility index (Phi) is 4.66. The number of benzene rings is 1. The number of anilines is 1. The lowest BCUT2D eigenvalue weighted by molar-refractivity contribution is 0.0713. The van der Waals surface area contributed by atoms with Crippen LogP contribution in [-0.2, 0) is 0 Å². The van der Waals surface area contributed by atoms with Crippen molar-refractivity contribution in [3.8, 4) is 5.69 Å². The molecule has 0 saturated carbocycles. The summed E-state index contributed by atoms with van der Waals surface area (Å²) >= 11 is 3.21. The second kappa shape index (κ2) is 7.48. The fraction of sp³-hybridized carbons (Fsp3) is 0.211. The van der Waals surface area contributed by atoms with Gasteiger partial charge in [-0.3, -0.25) is 4.79 Å². The Morgan fingerprint density at radius 3 is 2.67 bits per heavy atom. The number of carbonyl (C=O) groups is 1. The zero-order valence-electron chi connectivity index (χ0n) is 15.6. The molecule has 1 amide bonds. The molecule has 3 aromatic heterocycles. The van der Waals surface area contributed by atoms with Gasteiger partial charge in [0, 0.05) is 26.2 Å². The van der Waals surface area contributed by atoms with E-state index < -0.39 is 0 Å². The number of furan rings is 1. The first kappa shape index (κ1) is 18.7. The van der Waals surface area contributed by atoms with Crippen molar-refractivity contribution in [1.29, 1.82) is 0 Å². The lowest BCUT2D eigenvalue weighted by Crippen LogP contribution is -2.49. The third kappa shape index (κ3) is 3.30. The molecule has 0 unspecified atom stereocenters. The van der Waals surface area contributed by atoms with Gasteiger partial charge >= 0.3 is 0 Å². The van der Waals surface area contributed by atoms with E-state index in [0.717, 1.165) is 0 Å². The summed E-state index contributed by atoms with van der Waals surface area (Å²) in [4.78, 5) is 25.0. The van der Waals surface area contributed by atoms with E-state index in [1.807, 2.05) is 4.90 Å². The molecule has 0 spiro atoms. The highest BCUT2D eigenvalue weighted by molar-refractivity contribution is 9.10. The van der Waals surface area contributed by atoms with Gasteiger partial charge in [-0.1, -0.05) is 11.3 Å². The van der Waals surface area contributed by atoms with Gasteiger partial charge in [0.05, 0.1) is 5.69 Å². The lowest BCUT2D eigenvalue weighted by Gasteiger charge is -2.34. The van der Waals surface area contributed by atoms with Gasteiger partial charge in [0.2, 0.25) is 0 Å². The highest BCUT2D eigenvalue weighted by Gasteiger charge is 2.26. The number of rotatable bonds is 3. The topological polar surface area (TPSA) is 93.2 Å². The van der Waals surface area contributed by atoms with Gasteiger partial charge in [-0.2, -0.15) is 4.68 Å². The fourth-order valence-electron chi connectivity index (χ4n) is 3.46. The van der Waals surface area contributed by atoms with Crippen molar-refractivity contribution in [3.63, 3.8) is 0 Å². The van der Waals surface area contributed by atoms with Crippen molar-refractivity contribution in [1.82, 2.24) is 29.9 Å². The minimum atomic E-state index is -0.366. The molecule has 5 rings (SSSR count). The highest BCUT2D eigenvalue weighted by atomic mass is 79.9. The number of nitrogens with zero attached hydrogens (tertiary/aromatic N) is 7. The highest BCUT2D eigenvalue weighted by Crippen LogP contribution is 2.24. The molecule has 11 heteroatoms. The molecule has 0 N–H and O–H groups in total. The molecule has 0 radical (unpaired) electrons. The Hall–Kier alpha value is -3.34. The van der Waals surface area contributed by atoms with Crippen LogP contribution in [0.15, 0.2) is 51.8 Å². The third-order valence-corrected chi connectivity index (χ3v) is 5.35. The summed E-state index contributed by atoms with van der Waals surface area (Å²) in [6.07, 6.45) is 1.44. The van der Waals surface area contributed by atoms with E-state index in [4.69, 9.17) is 4.42 Å². The summed E-state index contributed by atoms with van der Waals surface area (Å²) in [5, 5.41) is 8.36. The molecule has 1 fully saturated rings. The van der Waals surface area contributed by atoms with Crippen molar-refractivity contribution in [2.45, 2.75) is 0 Å². The molecule has 0 aliphatic carbocycles. The van der Waals surface area contributed by atoms with Crippen molar-refractivity contribution in [2.75, 3.05) is 31.1 Å². The Balaban J connectivity index is 1.38. The zero-order chi connectivity index (χ0) is 20.7. The second-order valence-corrected chi connectivity index (χ2v) is 7.52. The number of fused-ring (bicyclic) bond motifs is 1. The van der Waals surface area contributed by atoms with Gasteiger partial charge in [0.1, 0.15) is 12.1 Å². The first-order chi connectivity index (χ1) is 14.6. The predicted molar refractivity (Wildman–Crippen MR) is 109 cm³/mol. The predicted octanol–water partition coefficient (Wildman–Crippen LogP) is 2.67. The first-order valence-corrected chi connectivity index (χ1v) is 10.0. The van der Waals surface area contributed by atoms with Gasteiger partial charge in [0.15, 0.2) is 27.4 Å². The quantitative estimate of drug-likeness (QED) is 0.453. The van der Waals surface area contributed by atoms with Crippen LogP contribution in [0.1, 0.15) is 10.6 Å². The van der Waals surface area contributed by atoms with Crippen molar-refractivity contribution in [3.05, 3.63) is 59.0 Å². The minimum absolute atomic E-state index is 0.148. The maximum absolute atomic E-state index is 13.6. The van der Waals surface area contributed by atoms with E-state index in [0.29, 0.717) is 59.3 Å². The van der Waals surface area contributed by atoms with E-state index in [2.05, 4.69) is 36.2 Å². The van der Waals surface area contributed by atoms with Crippen LogP contribution in [0.4, 0.5) is 10.2 Å². The van der Waals surface area contributed by atoms with Crippen LogP contribution in [0.3, 0.4) is 0 Å². The first-order valence-electron chi connectivity index (χ1n) is 9.22. The minimum Gasteiger partial charge on any atom is -0.444 e. The molecule has 152 valence electrons. The van der Waals surface area contributed by atoms with Crippen LogP contribution in [-0.4, -0.2) is 61.9 Å². The Bertz CT molecular complexity index is 1230. The normalized spacial score (nSPS) is 14.5. The second-order valence-electron chi connectivity index (χ2n) is 6.73. The van der Waals surface area contributed by atoms with E-state index in [9.17, 15) is 9.18 Å². The number of aromatic nitrogens is 5. The molecule has 30 heavy (non-hydrogen) atoms. The van der Waals surface area contributed by atoms with Crippen molar-refractivity contribution >= 4 is 38.8 Å². The number of amides is 1. The van der Waals surface area contributed by atoms with E-state index >= 15 is 0 Å². The van der Waals surface area contributed by atoms with Crippen LogP contribution in [0.25, 0.3) is 16.9 Å². The third-order valence-electron chi connectivity index (χ3n) is 4.92.